The van der Waals surface area contributed by atoms with Crippen LogP contribution in [0.5, 0.6) is 0 Å². The molecule has 0 aliphatic heterocycles. The number of primary sulfonamides is 1. The smallest absolute Gasteiger partial charge is 0.264 e. The number of benzene rings is 2. The maximum absolute atomic E-state index is 12.4. The Labute approximate surface area is 185 Å². The van der Waals surface area contributed by atoms with Gasteiger partial charge in [-0.2, -0.15) is 0 Å². The van der Waals surface area contributed by atoms with E-state index < -0.39 is 20.0 Å². The molecule has 0 aliphatic carbocycles. The third kappa shape index (κ3) is 6.42. The Kier molecular flexibility index (Phi) is 6.80. The van der Waals surface area contributed by atoms with Gasteiger partial charge in [-0.3, -0.25) is 0 Å². The van der Waals surface area contributed by atoms with Crippen LogP contribution in [0.1, 0.15) is 5.56 Å². The molecule has 0 amide bonds. The van der Waals surface area contributed by atoms with Gasteiger partial charge in [0.2, 0.25) is 16.0 Å². The third-order valence-corrected chi connectivity index (χ3v) is 6.44. The van der Waals surface area contributed by atoms with Gasteiger partial charge < -0.3 is 10.6 Å². The molecule has 0 atom stereocenters. The van der Waals surface area contributed by atoms with Crippen molar-refractivity contribution in [3.05, 3.63) is 72.6 Å². The largest absolute Gasteiger partial charge is 0.358 e. The molecule has 0 saturated heterocycles. The minimum Gasteiger partial charge on any atom is -0.358 e. The lowest BCUT2D eigenvalue weighted by Crippen LogP contribution is -2.27. The van der Waals surface area contributed by atoms with E-state index in [0.717, 1.165) is 5.56 Å². The highest BCUT2D eigenvalue weighted by atomic mass is 32.2. The highest BCUT2D eigenvalue weighted by molar-refractivity contribution is 7.92. The van der Waals surface area contributed by atoms with Crippen molar-refractivity contribution in [2.24, 2.45) is 5.14 Å². The first-order valence-electron chi connectivity index (χ1n) is 8.70. The monoisotopic (exact) mass is 478 g/mol. The molecule has 1 heterocycles. The normalized spacial score (nSPS) is 11.5. The number of nitrogens with zero attached hydrogens (tertiary/aromatic N) is 2. The van der Waals surface area contributed by atoms with Crippen LogP contribution in [-0.2, 0) is 26.6 Å². The summed E-state index contributed by atoms with van der Waals surface area (Å²) in [4.78, 5) is 7.74. The topological polar surface area (TPSA) is 156 Å². The Morgan fingerprint density at radius 1 is 0.903 bits per heavy atom. The van der Waals surface area contributed by atoms with Crippen molar-refractivity contribution in [1.82, 2.24) is 15.3 Å². The standard InChI is InChI=1S/C18H18N6O4S3/c19-30(25,26)15-6-2-13(3-7-15)12-22-18(29)23-14-4-8-16(9-5-14)31(27,28)24-17-20-10-1-11-21-17/h1-11H,12H2,(H2,19,25,26)(H,20,21,24)(H2,22,23,29). The van der Waals surface area contributed by atoms with Gasteiger partial charge in [0.05, 0.1) is 9.79 Å². The van der Waals surface area contributed by atoms with Crippen molar-refractivity contribution in [3.63, 3.8) is 0 Å². The second-order valence-corrected chi connectivity index (χ2v) is 9.85. The van der Waals surface area contributed by atoms with Gasteiger partial charge in [-0.05, 0) is 60.2 Å². The number of anilines is 2. The van der Waals surface area contributed by atoms with Crippen LogP contribution in [0.4, 0.5) is 11.6 Å². The van der Waals surface area contributed by atoms with E-state index in [-0.39, 0.29) is 15.7 Å². The second-order valence-electron chi connectivity index (χ2n) is 6.20. The molecule has 31 heavy (non-hydrogen) atoms. The van der Waals surface area contributed by atoms with E-state index >= 15 is 0 Å². The van der Waals surface area contributed by atoms with Crippen LogP contribution in [0, 0.1) is 0 Å². The Hall–Kier alpha value is -3.13. The maximum Gasteiger partial charge on any atom is 0.264 e. The summed E-state index contributed by atoms with van der Waals surface area (Å²) < 4.78 is 49.6. The molecule has 10 nitrogen and oxygen atoms in total. The highest BCUT2D eigenvalue weighted by Gasteiger charge is 2.15. The first-order valence-corrected chi connectivity index (χ1v) is 12.1. The number of nitrogens with two attached hydrogens (primary N) is 1. The summed E-state index contributed by atoms with van der Waals surface area (Å²) in [5, 5.41) is 11.3. The predicted molar refractivity (Wildman–Crippen MR) is 120 cm³/mol. The van der Waals surface area contributed by atoms with Crippen LogP contribution >= 0.6 is 12.2 Å². The van der Waals surface area contributed by atoms with Crippen LogP contribution in [0.25, 0.3) is 0 Å². The van der Waals surface area contributed by atoms with Crippen molar-refractivity contribution in [1.29, 1.82) is 0 Å². The van der Waals surface area contributed by atoms with Crippen molar-refractivity contribution in [2.75, 3.05) is 10.0 Å². The molecule has 1 aromatic heterocycles. The van der Waals surface area contributed by atoms with Crippen LogP contribution < -0.4 is 20.5 Å². The molecule has 0 bridgehead atoms. The summed E-state index contributed by atoms with van der Waals surface area (Å²) in [5.74, 6) is -0.0211. The molecule has 0 fully saturated rings. The predicted octanol–water partition coefficient (Wildman–Crippen LogP) is 1.41. The number of thiocarbonyl (C=S) groups is 1. The third-order valence-electron chi connectivity index (χ3n) is 3.92. The summed E-state index contributed by atoms with van der Waals surface area (Å²) in [7, 11) is -7.56. The van der Waals surface area contributed by atoms with Crippen LogP contribution in [-0.4, -0.2) is 31.9 Å². The highest BCUT2D eigenvalue weighted by Crippen LogP contribution is 2.16. The Balaban J connectivity index is 1.56. The molecule has 5 N–H and O–H groups in total. The van der Waals surface area contributed by atoms with Gasteiger partial charge >= 0.3 is 0 Å². The van der Waals surface area contributed by atoms with E-state index in [9.17, 15) is 16.8 Å². The second kappa shape index (κ2) is 9.34. The van der Waals surface area contributed by atoms with Crippen molar-refractivity contribution in [3.8, 4) is 0 Å². The molecule has 162 valence electrons. The lowest BCUT2D eigenvalue weighted by Gasteiger charge is -2.12. The number of hydrogen-bond acceptors (Lipinski definition) is 7. The number of nitrogens with one attached hydrogen (secondary N) is 3. The summed E-state index contributed by atoms with van der Waals surface area (Å²) >= 11 is 5.23. The van der Waals surface area contributed by atoms with Gasteiger partial charge in [-0.1, -0.05) is 12.1 Å². The van der Waals surface area contributed by atoms with E-state index in [1.807, 2.05) is 0 Å². The maximum atomic E-state index is 12.4. The number of hydrogen-bond donors (Lipinski definition) is 4. The van der Waals surface area contributed by atoms with Gasteiger partial charge in [-0.15, -0.1) is 0 Å². The van der Waals surface area contributed by atoms with E-state index in [2.05, 4.69) is 25.3 Å². The van der Waals surface area contributed by atoms with Gasteiger partial charge in [0.25, 0.3) is 10.0 Å². The van der Waals surface area contributed by atoms with Crippen LogP contribution in [0.2, 0.25) is 0 Å². The average molecular weight is 479 g/mol. The van der Waals surface area contributed by atoms with E-state index in [0.29, 0.717) is 17.3 Å². The minimum absolute atomic E-state index is 0.0211. The molecular formula is C18H18N6O4S3. The summed E-state index contributed by atoms with van der Waals surface area (Å²) in [5.41, 5.74) is 1.38. The fourth-order valence-electron chi connectivity index (χ4n) is 2.40. The molecule has 3 aromatic rings. The first kappa shape index (κ1) is 22.6. The fourth-order valence-corrected chi connectivity index (χ4v) is 4.07. The zero-order valence-electron chi connectivity index (χ0n) is 15.9. The van der Waals surface area contributed by atoms with Gasteiger partial charge in [0.15, 0.2) is 5.11 Å². The Morgan fingerprint density at radius 3 is 2.06 bits per heavy atom. The molecule has 0 radical (unpaired) electrons. The Bertz CT molecular complexity index is 1260. The van der Waals surface area contributed by atoms with Gasteiger partial charge in [0, 0.05) is 24.6 Å². The van der Waals surface area contributed by atoms with Crippen LogP contribution in [0.3, 0.4) is 0 Å². The van der Waals surface area contributed by atoms with Crippen LogP contribution in [0.15, 0.2) is 76.8 Å². The van der Waals surface area contributed by atoms with E-state index in [4.69, 9.17) is 17.4 Å². The molecule has 0 spiro atoms. The molecule has 0 saturated carbocycles. The molecule has 0 unspecified atom stereocenters. The van der Waals surface area contributed by atoms with Crippen molar-refractivity contribution in [2.45, 2.75) is 16.3 Å². The summed E-state index contributed by atoms with van der Waals surface area (Å²) in [6, 6.07) is 13.6. The lowest BCUT2D eigenvalue weighted by molar-refractivity contribution is 0.597. The summed E-state index contributed by atoms with van der Waals surface area (Å²) in [6.07, 6.45) is 2.86. The number of aromatic nitrogens is 2. The number of rotatable bonds is 7. The van der Waals surface area contributed by atoms with Gasteiger partial charge in [-0.25, -0.2) is 36.7 Å². The Morgan fingerprint density at radius 2 is 1.48 bits per heavy atom. The molecule has 3 rings (SSSR count). The quantitative estimate of drug-likeness (QED) is 0.369. The lowest BCUT2D eigenvalue weighted by atomic mass is 10.2. The fraction of sp³-hybridized carbons (Fsp3) is 0.0556. The zero-order valence-corrected chi connectivity index (χ0v) is 18.3. The molecule has 2 aromatic carbocycles. The molecule has 13 heteroatoms. The molecule has 0 aliphatic rings. The van der Waals surface area contributed by atoms with Crippen molar-refractivity contribution >= 4 is 49.0 Å². The molecular weight excluding hydrogens is 460 g/mol. The SMILES string of the molecule is NS(=O)(=O)c1ccc(CNC(=S)Nc2ccc(S(=O)(=O)Nc3ncccn3)cc2)cc1. The zero-order chi connectivity index (χ0) is 22.5. The van der Waals surface area contributed by atoms with E-state index in [1.54, 1.807) is 30.3 Å². The van der Waals surface area contributed by atoms with Crippen molar-refractivity contribution < 1.29 is 16.8 Å². The average Bonchev–Trinajstić information content (AvgIpc) is 2.73. The number of sulfonamides is 2. The summed E-state index contributed by atoms with van der Waals surface area (Å²) in [6.45, 7) is 0.351. The first-order chi connectivity index (χ1) is 14.6. The van der Waals surface area contributed by atoms with E-state index in [1.165, 1.54) is 36.7 Å². The minimum atomic E-state index is -3.82. The van der Waals surface area contributed by atoms with Gasteiger partial charge in [0.1, 0.15) is 0 Å².